The monoisotopic (exact) mass is 231 g/mol. The molecule has 0 radical (unpaired) electrons. The molecule has 3 rings (SSSR count). The van der Waals surface area contributed by atoms with E-state index >= 15 is 0 Å². The molecule has 1 saturated heterocycles. The molecule has 0 aromatic heterocycles. The van der Waals surface area contributed by atoms with Gasteiger partial charge in [0.05, 0.1) is 18.6 Å². The molecule has 0 amide bonds. The average molecular weight is 231 g/mol. The van der Waals surface area contributed by atoms with Crippen molar-refractivity contribution < 1.29 is 4.74 Å². The molecular formula is C15H21NO. The lowest BCUT2D eigenvalue weighted by Gasteiger charge is -2.43. The van der Waals surface area contributed by atoms with Crippen molar-refractivity contribution in [1.82, 2.24) is 5.32 Å². The fraction of sp³-hybridized carbons (Fsp3) is 0.600. The molecule has 1 aromatic rings. The molecule has 0 unspecified atom stereocenters. The Balaban J connectivity index is 1.82. The molecular weight excluding hydrogens is 210 g/mol. The van der Waals surface area contributed by atoms with Gasteiger partial charge >= 0.3 is 0 Å². The molecule has 0 spiro atoms. The molecule has 1 aliphatic heterocycles. The van der Waals surface area contributed by atoms with Crippen molar-refractivity contribution in [3.05, 3.63) is 34.9 Å². The summed E-state index contributed by atoms with van der Waals surface area (Å²) >= 11 is 0. The Morgan fingerprint density at radius 1 is 1.29 bits per heavy atom. The predicted octanol–water partition coefficient (Wildman–Crippen LogP) is 2.32. The van der Waals surface area contributed by atoms with Gasteiger partial charge in [-0.2, -0.15) is 0 Å². The van der Waals surface area contributed by atoms with Gasteiger partial charge in [0, 0.05) is 12.6 Å². The van der Waals surface area contributed by atoms with E-state index in [0.29, 0.717) is 0 Å². The van der Waals surface area contributed by atoms with Crippen LogP contribution in [-0.2, 0) is 10.2 Å². The molecule has 1 aromatic carbocycles. The van der Waals surface area contributed by atoms with Crippen LogP contribution < -0.4 is 5.32 Å². The van der Waals surface area contributed by atoms with Crippen molar-refractivity contribution in [2.24, 2.45) is 0 Å². The largest absolute Gasteiger partial charge is 0.379 e. The van der Waals surface area contributed by atoms with Crippen LogP contribution in [0, 0.1) is 13.8 Å². The highest BCUT2D eigenvalue weighted by Gasteiger charge is 2.42. The Morgan fingerprint density at radius 2 is 2.06 bits per heavy atom. The lowest BCUT2D eigenvalue weighted by atomic mass is 9.76. The summed E-state index contributed by atoms with van der Waals surface area (Å²) in [6, 6.07) is 7.58. The van der Waals surface area contributed by atoms with Gasteiger partial charge in [0.2, 0.25) is 0 Å². The number of ether oxygens (including phenoxy) is 1. The van der Waals surface area contributed by atoms with Gasteiger partial charge in [-0.3, -0.25) is 0 Å². The smallest absolute Gasteiger partial charge is 0.0598 e. The molecule has 17 heavy (non-hydrogen) atoms. The van der Waals surface area contributed by atoms with E-state index in [1.54, 1.807) is 0 Å². The van der Waals surface area contributed by atoms with Gasteiger partial charge in [-0.05, 0) is 37.8 Å². The highest BCUT2D eigenvalue weighted by molar-refractivity contribution is 5.38. The van der Waals surface area contributed by atoms with Crippen LogP contribution in [0.1, 0.15) is 29.5 Å². The van der Waals surface area contributed by atoms with Crippen molar-refractivity contribution in [3.8, 4) is 0 Å². The maximum atomic E-state index is 5.49. The molecule has 1 saturated carbocycles. The Kier molecular flexibility index (Phi) is 2.72. The molecule has 2 heteroatoms. The molecule has 2 aliphatic rings. The highest BCUT2D eigenvalue weighted by atomic mass is 16.5. The first-order valence-electron chi connectivity index (χ1n) is 6.58. The van der Waals surface area contributed by atoms with Crippen LogP contribution >= 0.6 is 0 Å². The summed E-state index contributed by atoms with van der Waals surface area (Å²) < 4.78 is 5.49. The summed E-state index contributed by atoms with van der Waals surface area (Å²) in [7, 11) is 0. The molecule has 1 aliphatic carbocycles. The van der Waals surface area contributed by atoms with Crippen LogP contribution in [0.4, 0.5) is 0 Å². The first-order valence-corrected chi connectivity index (χ1v) is 6.58. The standard InChI is InChI=1S/C15H21NO/c1-11-3-6-14(12(2)7-11)15(9-17-10-15)8-16-13-4-5-13/h3,6-7,13,16H,4-5,8-10H2,1-2H3. The molecule has 92 valence electrons. The highest BCUT2D eigenvalue weighted by Crippen LogP contribution is 2.35. The predicted molar refractivity (Wildman–Crippen MR) is 69.4 cm³/mol. The summed E-state index contributed by atoms with van der Waals surface area (Å²) in [4.78, 5) is 0. The Morgan fingerprint density at radius 3 is 2.59 bits per heavy atom. The van der Waals surface area contributed by atoms with Gasteiger partial charge in [-0.15, -0.1) is 0 Å². The van der Waals surface area contributed by atoms with Crippen LogP contribution in [0.3, 0.4) is 0 Å². The summed E-state index contributed by atoms with van der Waals surface area (Å²) in [5.74, 6) is 0. The lowest BCUT2D eigenvalue weighted by Crippen LogP contribution is -2.54. The molecule has 0 bridgehead atoms. The number of benzene rings is 1. The maximum absolute atomic E-state index is 5.49. The minimum Gasteiger partial charge on any atom is -0.379 e. The van der Waals surface area contributed by atoms with Gasteiger partial charge in [-0.25, -0.2) is 0 Å². The zero-order chi connectivity index (χ0) is 11.9. The number of hydrogen-bond donors (Lipinski definition) is 1. The van der Waals surface area contributed by atoms with Crippen LogP contribution in [0.25, 0.3) is 0 Å². The van der Waals surface area contributed by atoms with E-state index in [1.807, 2.05) is 0 Å². The van der Waals surface area contributed by atoms with E-state index in [-0.39, 0.29) is 5.41 Å². The summed E-state index contributed by atoms with van der Waals surface area (Å²) in [5, 5.41) is 3.66. The normalized spacial score (nSPS) is 22.2. The molecule has 1 heterocycles. The zero-order valence-electron chi connectivity index (χ0n) is 10.8. The number of rotatable bonds is 4. The topological polar surface area (TPSA) is 21.3 Å². The first kappa shape index (κ1) is 11.2. The number of aryl methyl sites for hydroxylation is 2. The quantitative estimate of drug-likeness (QED) is 0.858. The second kappa shape index (κ2) is 4.11. The van der Waals surface area contributed by atoms with Crippen molar-refractivity contribution in [2.45, 2.75) is 38.1 Å². The van der Waals surface area contributed by atoms with Crippen molar-refractivity contribution in [2.75, 3.05) is 19.8 Å². The van der Waals surface area contributed by atoms with Crippen molar-refractivity contribution in [3.63, 3.8) is 0 Å². The molecule has 2 nitrogen and oxygen atoms in total. The number of hydrogen-bond acceptors (Lipinski definition) is 2. The first-order chi connectivity index (χ1) is 8.20. The van der Waals surface area contributed by atoms with Crippen LogP contribution in [-0.4, -0.2) is 25.8 Å². The number of nitrogens with one attached hydrogen (secondary N) is 1. The second-order valence-electron chi connectivity index (χ2n) is 5.75. The fourth-order valence-electron chi connectivity index (χ4n) is 2.74. The summed E-state index contributed by atoms with van der Waals surface area (Å²) in [6.07, 6.45) is 2.70. The second-order valence-corrected chi connectivity index (χ2v) is 5.75. The summed E-state index contributed by atoms with van der Waals surface area (Å²) in [5.41, 5.74) is 4.46. The van der Waals surface area contributed by atoms with Gasteiger partial charge < -0.3 is 10.1 Å². The van der Waals surface area contributed by atoms with Crippen LogP contribution in [0.15, 0.2) is 18.2 Å². The van der Waals surface area contributed by atoms with Crippen LogP contribution in [0.5, 0.6) is 0 Å². The Labute approximate surface area is 103 Å². The van der Waals surface area contributed by atoms with Crippen LogP contribution in [0.2, 0.25) is 0 Å². The Bertz CT molecular complexity index is 419. The van der Waals surface area contributed by atoms with Crippen molar-refractivity contribution >= 4 is 0 Å². The minimum absolute atomic E-state index is 0.236. The van der Waals surface area contributed by atoms with E-state index < -0.39 is 0 Å². The van der Waals surface area contributed by atoms with E-state index in [9.17, 15) is 0 Å². The van der Waals surface area contributed by atoms with E-state index in [0.717, 1.165) is 25.8 Å². The third-order valence-corrected chi connectivity index (χ3v) is 4.02. The third-order valence-electron chi connectivity index (χ3n) is 4.02. The third kappa shape index (κ3) is 2.12. The van der Waals surface area contributed by atoms with Gasteiger partial charge in [0.1, 0.15) is 0 Å². The zero-order valence-corrected chi connectivity index (χ0v) is 10.8. The van der Waals surface area contributed by atoms with E-state index in [1.165, 1.54) is 29.5 Å². The van der Waals surface area contributed by atoms with Crippen molar-refractivity contribution in [1.29, 1.82) is 0 Å². The lowest BCUT2D eigenvalue weighted by molar-refractivity contribution is -0.0594. The van der Waals surface area contributed by atoms with E-state index in [2.05, 4.69) is 37.4 Å². The van der Waals surface area contributed by atoms with Gasteiger partial charge in [-0.1, -0.05) is 23.8 Å². The van der Waals surface area contributed by atoms with E-state index in [4.69, 9.17) is 4.74 Å². The SMILES string of the molecule is Cc1ccc(C2(CNC3CC3)COC2)c(C)c1. The molecule has 1 N–H and O–H groups in total. The Hall–Kier alpha value is -0.860. The molecule has 2 fully saturated rings. The molecule has 0 atom stereocenters. The summed E-state index contributed by atoms with van der Waals surface area (Å²) in [6.45, 7) is 7.19. The van der Waals surface area contributed by atoms with Gasteiger partial charge in [0.15, 0.2) is 0 Å². The average Bonchev–Trinajstić information content (AvgIpc) is 3.02. The minimum atomic E-state index is 0.236. The maximum Gasteiger partial charge on any atom is 0.0598 e. The van der Waals surface area contributed by atoms with Gasteiger partial charge in [0.25, 0.3) is 0 Å². The fourth-order valence-corrected chi connectivity index (χ4v) is 2.74.